The molecule has 7 nitrogen and oxygen atoms in total. The predicted octanol–water partition coefficient (Wildman–Crippen LogP) is 3.08. The van der Waals surface area contributed by atoms with Crippen molar-refractivity contribution in [1.29, 1.82) is 0 Å². The van der Waals surface area contributed by atoms with Crippen LogP contribution in [-0.4, -0.2) is 32.6 Å². The fourth-order valence-corrected chi connectivity index (χ4v) is 3.12. The average Bonchev–Trinajstić information content (AvgIpc) is 3.23. The number of hydrogen-bond donors (Lipinski definition) is 1. The number of carbonyl (C=O) groups is 1. The van der Waals surface area contributed by atoms with Crippen LogP contribution < -0.4 is 5.43 Å². The summed E-state index contributed by atoms with van der Waals surface area (Å²) >= 11 is 4.73. The highest BCUT2D eigenvalue weighted by Crippen LogP contribution is 2.24. The van der Waals surface area contributed by atoms with E-state index in [1.807, 2.05) is 35.9 Å². The van der Waals surface area contributed by atoms with Crippen molar-refractivity contribution < 1.29 is 9.21 Å². The van der Waals surface area contributed by atoms with E-state index >= 15 is 0 Å². The second kappa shape index (κ2) is 8.13. The van der Waals surface area contributed by atoms with E-state index in [9.17, 15) is 4.79 Å². The van der Waals surface area contributed by atoms with Gasteiger partial charge in [-0.1, -0.05) is 39.8 Å². The van der Waals surface area contributed by atoms with Gasteiger partial charge in [-0.25, -0.2) is 5.43 Å². The molecule has 2 aromatic heterocycles. The lowest BCUT2D eigenvalue weighted by Crippen LogP contribution is -2.19. The Morgan fingerprint density at radius 1 is 1.40 bits per heavy atom. The fraction of sp³-hybridized carbons (Fsp3) is 0.125. The molecule has 9 heteroatoms. The van der Waals surface area contributed by atoms with Crippen LogP contribution >= 0.6 is 27.7 Å². The molecule has 0 spiro atoms. The number of thioether (sulfide) groups is 1. The second-order valence-electron chi connectivity index (χ2n) is 4.97. The molecule has 0 bridgehead atoms. The Hall–Kier alpha value is -2.39. The largest absolute Gasteiger partial charge is 0.463 e. The van der Waals surface area contributed by atoms with E-state index < -0.39 is 0 Å². The maximum atomic E-state index is 11.8. The van der Waals surface area contributed by atoms with Gasteiger partial charge in [-0.2, -0.15) is 5.10 Å². The summed E-state index contributed by atoms with van der Waals surface area (Å²) in [6.07, 6.45) is 2.98. The van der Waals surface area contributed by atoms with Crippen LogP contribution in [0, 0.1) is 0 Å². The van der Waals surface area contributed by atoms with E-state index in [-0.39, 0.29) is 11.7 Å². The minimum absolute atomic E-state index is 0.181. The fourth-order valence-electron chi connectivity index (χ4n) is 2.01. The minimum atomic E-state index is -0.236. The molecule has 25 heavy (non-hydrogen) atoms. The molecule has 0 unspecified atom stereocenters. The van der Waals surface area contributed by atoms with E-state index in [0.717, 1.165) is 15.9 Å². The van der Waals surface area contributed by atoms with E-state index in [0.29, 0.717) is 10.9 Å². The number of furan rings is 1. The third-order valence-electron chi connectivity index (χ3n) is 3.17. The van der Waals surface area contributed by atoms with Crippen LogP contribution in [0.4, 0.5) is 0 Å². The first-order chi connectivity index (χ1) is 12.1. The summed E-state index contributed by atoms with van der Waals surface area (Å²) in [6.45, 7) is 0. The van der Waals surface area contributed by atoms with Crippen LogP contribution in [0.25, 0.3) is 11.4 Å². The number of nitrogens with zero attached hydrogens (tertiary/aromatic N) is 4. The third kappa shape index (κ3) is 4.58. The Bertz CT molecular complexity index is 892. The molecule has 0 saturated carbocycles. The number of benzene rings is 1. The highest BCUT2D eigenvalue weighted by molar-refractivity contribution is 9.10. The number of aromatic nitrogens is 3. The molecule has 128 valence electrons. The summed E-state index contributed by atoms with van der Waals surface area (Å²) in [5.41, 5.74) is 3.39. The molecule has 1 aromatic carbocycles. The first kappa shape index (κ1) is 17.4. The van der Waals surface area contributed by atoms with Crippen LogP contribution in [0.2, 0.25) is 0 Å². The molecule has 3 aromatic rings. The number of hydrogen-bond acceptors (Lipinski definition) is 6. The number of nitrogens with one attached hydrogen (secondary N) is 1. The van der Waals surface area contributed by atoms with Crippen molar-refractivity contribution in [2.45, 2.75) is 5.16 Å². The van der Waals surface area contributed by atoms with Crippen molar-refractivity contribution in [3.05, 3.63) is 52.9 Å². The molecule has 0 atom stereocenters. The molecule has 0 aliphatic rings. The van der Waals surface area contributed by atoms with E-state index in [4.69, 9.17) is 4.42 Å². The van der Waals surface area contributed by atoms with E-state index in [1.54, 1.807) is 12.1 Å². The summed E-state index contributed by atoms with van der Waals surface area (Å²) in [5, 5.41) is 12.8. The van der Waals surface area contributed by atoms with Gasteiger partial charge in [-0.3, -0.25) is 4.79 Å². The van der Waals surface area contributed by atoms with Gasteiger partial charge in [0, 0.05) is 17.1 Å². The Kier molecular flexibility index (Phi) is 5.67. The average molecular weight is 420 g/mol. The molecule has 0 radical (unpaired) electrons. The SMILES string of the molecule is Cn1c(SCC(=O)N/N=C/c2ccco2)nnc1-c1cccc(Br)c1. The Labute approximate surface area is 156 Å². The lowest BCUT2D eigenvalue weighted by Gasteiger charge is -2.04. The maximum absolute atomic E-state index is 11.8. The lowest BCUT2D eigenvalue weighted by molar-refractivity contribution is -0.118. The van der Waals surface area contributed by atoms with Crippen LogP contribution in [0.15, 0.2) is 61.8 Å². The normalized spacial score (nSPS) is 11.1. The van der Waals surface area contributed by atoms with E-state index in [2.05, 4.69) is 36.7 Å². The smallest absolute Gasteiger partial charge is 0.250 e. The molecule has 1 amide bonds. The van der Waals surface area contributed by atoms with Crippen LogP contribution in [-0.2, 0) is 11.8 Å². The highest BCUT2D eigenvalue weighted by atomic mass is 79.9. The number of carbonyl (C=O) groups excluding carboxylic acids is 1. The molecular formula is C16H14BrN5O2S. The van der Waals surface area contributed by atoms with Crippen molar-refractivity contribution in [1.82, 2.24) is 20.2 Å². The zero-order valence-corrected chi connectivity index (χ0v) is 15.6. The third-order valence-corrected chi connectivity index (χ3v) is 4.69. The Morgan fingerprint density at radius 3 is 3.04 bits per heavy atom. The highest BCUT2D eigenvalue weighted by Gasteiger charge is 2.13. The summed E-state index contributed by atoms with van der Waals surface area (Å²) in [4.78, 5) is 11.8. The van der Waals surface area contributed by atoms with Gasteiger partial charge in [0.05, 0.1) is 18.2 Å². The molecule has 0 aliphatic carbocycles. The number of amides is 1. The van der Waals surface area contributed by atoms with Gasteiger partial charge in [0.15, 0.2) is 11.0 Å². The number of rotatable bonds is 6. The molecule has 2 heterocycles. The Balaban J connectivity index is 1.57. The van der Waals surface area contributed by atoms with Crippen molar-refractivity contribution in [3.63, 3.8) is 0 Å². The van der Waals surface area contributed by atoms with Gasteiger partial charge in [0.1, 0.15) is 5.76 Å². The van der Waals surface area contributed by atoms with Crippen LogP contribution in [0.5, 0.6) is 0 Å². The Morgan fingerprint density at radius 2 is 2.28 bits per heavy atom. The maximum Gasteiger partial charge on any atom is 0.250 e. The van der Waals surface area contributed by atoms with Crippen molar-refractivity contribution in [3.8, 4) is 11.4 Å². The van der Waals surface area contributed by atoms with Gasteiger partial charge in [-0.05, 0) is 24.3 Å². The molecule has 0 saturated heterocycles. The molecule has 1 N–H and O–H groups in total. The van der Waals surface area contributed by atoms with Crippen molar-refractivity contribution >= 4 is 39.8 Å². The quantitative estimate of drug-likeness (QED) is 0.376. The first-order valence-corrected chi connectivity index (χ1v) is 9.05. The van der Waals surface area contributed by atoms with E-state index in [1.165, 1.54) is 24.2 Å². The monoisotopic (exact) mass is 419 g/mol. The topological polar surface area (TPSA) is 85.3 Å². The summed E-state index contributed by atoms with van der Waals surface area (Å²) in [7, 11) is 1.87. The standard InChI is InChI=1S/C16H14BrN5O2S/c1-22-15(11-4-2-5-12(17)8-11)20-21-16(22)25-10-14(23)19-18-9-13-6-3-7-24-13/h2-9H,10H2,1H3,(H,19,23)/b18-9+. The van der Waals surface area contributed by atoms with Crippen molar-refractivity contribution in [2.24, 2.45) is 12.1 Å². The minimum Gasteiger partial charge on any atom is -0.463 e. The lowest BCUT2D eigenvalue weighted by atomic mass is 10.2. The van der Waals surface area contributed by atoms with Gasteiger partial charge in [-0.15, -0.1) is 10.2 Å². The second-order valence-corrected chi connectivity index (χ2v) is 6.83. The first-order valence-electron chi connectivity index (χ1n) is 7.27. The zero-order valence-electron chi connectivity index (χ0n) is 13.2. The summed E-state index contributed by atoms with van der Waals surface area (Å²) < 4.78 is 7.90. The molecule has 0 fully saturated rings. The molecular weight excluding hydrogens is 406 g/mol. The van der Waals surface area contributed by atoms with Gasteiger partial charge < -0.3 is 8.98 Å². The zero-order chi connectivity index (χ0) is 17.6. The number of halogens is 1. The number of hydrazone groups is 1. The summed E-state index contributed by atoms with van der Waals surface area (Å²) in [6, 6.07) is 11.3. The van der Waals surface area contributed by atoms with Crippen LogP contribution in [0.1, 0.15) is 5.76 Å². The summed E-state index contributed by atoms with van der Waals surface area (Å²) in [5.74, 6) is 1.25. The van der Waals surface area contributed by atoms with Gasteiger partial charge in [0.2, 0.25) is 0 Å². The molecule has 3 rings (SSSR count). The molecule has 0 aliphatic heterocycles. The van der Waals surface area contributed by atoms with Gasteiger partial charge >= 0.3 is 0 Å². The van der Waals surface area contributed by atoms with Crippen LogP contribution in [0.3, 0.4) is 0 Å². The predicted molar refractivity (Wildman–Crippen MR) is 99.3 cm³/mol. The van der Waals surface area contributed by atoms with Gasteiger partial charge in [0.25, 0.3) is 5.91 Å². The van der Waals surface area contributed by atoms with Crippen molar-refractivity contribution in [2.75, 3.05) is 5.75 Å².